The number of nitrogens with one attached hydrogen (secondary N) is 1. The average molecular weight is 169 g/mol. The quantitative estimate of drug-likeness (QED) is 0.628. The Balaban J connectivity index is 2.58. The van der Waals surface area contributed by atoms with Crippen molar-refractivity contribution >= 4 is 5.91 Å². The van der Waals surface area contributed by atoms with Crippen LogP contribution in [0.2, 0.25) is 0 Å². The van der Waals surface area contributed by atoms with Gasteiger partial charge < -0.3 is 5.32 Å². The van der Waals surface area contributed by atoms with Gasteiger partial charge in [-0.25, -0.2) is 0 Å². The van der Waals surface area contributed by atoms with Gasteiger partial charge in [-0.2, -0.15) is 4.80 Å². The summed E-state index contributed by atoms with van der Waals surface area (Å²) in [5.74, 6) is 0.522. The van der Waals surface area contributed by atoms with E-state index in [0.717, 1.165) is 6.42 Å². The van der Waals surface area contributed by atoms with E-state index < -0.39 is 0 Å². The number of aryl methyl sites for hydroxylation is 1. The van der Waals surface area contributed by atoms with E-state index in [0.29, 0.717) is 5.82 Å². The van der Waals surface area contributed by atoms with Crippen molar-refractivity contribution < 1.29 is 4.79 Å². The molecule has 12 heavy (non-hydrogen) atoms. The van der Waals surface area contributed by atoms with Gasteiger partial charge in [0, 0.05) is 13.5 Å². The van der Waals surface area contributed by atoms with Gasteiger partial charge in [0.1, 0.15) is 6.54 Å². The summed E-state index contributed by atoms with van der Waals surface area (Å²) >= 11 is 0. The number of likely N-dealkylation sites (N-methyl/N-ethyl adjacent to an activating group) is 1. The Bertz CT molecular complexity index is 269. The van der Waals surface area contributed by atoms with Crippen molar-refractivity contribution in [2.45, 2.75) is 19.9 Å². The third-order valence-corrected chi connectivity index (χ3v) is 1.37. The number of amides is 1. The molecule has 0 saturated carbocycles. The van der Waals surface area contributed by atoms with Crippen LogP contribution in [-0.2, 0) is 17.8 Å². The fourth-order valence-electron chi connectivity index (χ4n) is 0.692. The number of tetrazole rings is 1. The first-order chi connectivity index (χ1) is 5.76. The molecule has 1 N–H and O–H groups in total. The van der Waals surface area contributed by atoms with E-state index in [4.69, 9.17) is 0 Å². The van der Waals surface area contributed by atoms with Crippen molar-refractivity contribution in [2.24, 2.45) is 0 Å². The van der Waals surface area contributed by atoms with Gasteiger partial charge in [-0.15, -0.1) is 10.2 Å². The molecule has 0 saturated heterocycles. The number of hydrogen-bond acceptors (Lipinski definition) is 4. The van der Waals surface area contributed by atoms with E-state index in [9.17, 15) is 4.79 Å². The van der Waals surface area contributed by atoms with Crippen LogP contribution in [0.15, 0.2) is 0 Å². The predicted molar refractivity (Wildman–Crippen MR) is 41.3 cm³/mol. The number of rotatable bonds is 3. The highest BCUT2D eigenvalue weighted by molar-refractivity contribution is 5.74. The first kappa shape index (κ1) is 8.63. The molecule has 0 aliphatic carbocycles. The molecule has 1 aromatic heterocycles. The van der Waals surface area contributed by atoms with Crippen LogP contribution in [0.5, 0.6) is 0 Å². The summed E-state index contributed by atoms with van der Waals surface area (Å²) in [7, 11) is 1.57. The van der Waals surface area contributed by atoms with Crippen molar-refractivity contribution in [3.05, 3.63) is 5.82 Å². The largest absolute Gasteiger partial charge is 0.358 e. The predicted octanol–water partition coefficient (Wildman–Crippen LogP) is -1.02. The number of aromatic nitrogens is 4. The van der Waals surface area contributed by atoms with Crippen molar-refractivity contribution in [3.63, 3.8) is 0 Å². The molecule has 0 aromatic carbocycles. The molecule has 1 heterocycles. The standard InChI is InChI=1S/C6H11N5O/c1-3-5-8-10-11(9-5)4-6(12)7-2/h3-4H2,1-2H3,(H,7,12). The smallest absolute Gasteiger partial charge is 0.243 e. The maximum atomic E-state index is 10.8. The van der Waals surface area contributed by atoms with Gasteiger partial charge in [-0.05, 0) is 5.21 Å². The van der Waals surface area contributed by atoms with Gasteiger partial charge in [-0.1, -0.05) is 6.92 Å². The SMILES string of the molecule is CCc1nnn(CC(=O)NC)n1. The fourth-order valence-corrected chi connectivity index (χ4v) is 0.692. The molecular formula is C6H11N5O. The van der Waals surface area contributed by atoms with Crippen LogP contribution >= 0.6 is 0 Å². The minimum atomic E-state index is -0.130. The Morgan fingerprint density at radius 2 is 2.42 bits per heavy atom. The van der Waals surface area contributed by atoms with Crippen molar-refractivity contribution in [1.29, 1.82) is 0 Å². The molecule has 0 aliphatic rings. The van der Waals surface area contributed by atoms with Crippen LogP contribution in [0, 0.1) is 0 Å². The van der Waals surface area contributed by atoms with E-state index in [1.54, 1.807) is 7.05 Å². The maximum Gasteiger partial charge on any atom is 0.243 e. The summed E-state index contributed by atoms with van der Waals surface area (Å²) in [6.45, 7) is 2.06. The monoisotopic (exact) mass is 169 g/mol. The number of hydrogen-bond donors (Lipinski definition) is 1. The van der Waals surface area contributed by atoms with Crippen LogP contribution in [0.4, 0.5) is 0 Å². The van der Waals surface area contributed by atoms with Crippen LogP contribution in [-0.4, -0.2) is 33.2 Å². The molecule has 0 unspecified atom stereocenters. The molecule has 0 atom stereocenters. The molecule has 0 bridgehead atoms. The second-order valence-corrected chi connectivity index (χ2v) is 2.26. The summed E-state index contributed by atoms with van der Waals surface area (Å²) < 4.78 is 0. The third-order valence-electron chi connectivity index (χ3n) is 1.37. The average Bonchev–Trinajstić information content (AvgIpc) is 2.52. The van der Waals surface area contributed by atoms with Crippen LogP contribution in [0.1, 0.15) is 12.7 Å². The molecule has 66 valence electrons. The first-order valence-corrected chi connectivity index (χ1v) is 3.73. The Morgan fingerprint density at radius 1 is 1.67 bits per heavy atom. The summed E-state index contributed by atoms with van der Waals surface area (Å²) in [5, 5.41) is 13.8. The molecule has 0 radical (unpaired) electrons. The molecule has 6 heteroatoms. The van der Waals surface area contributed by atoms with Crippen molar-refractivity contribution in [1.82, 2.24) is 25.5 Å². The fraction of sp³-hybridized carbons (Fsp3) is 0.667. The van der Waals surface area contributed by atoms with E-state index >= 15 is 0 Å². The van der Waals surface area contributed by atoms with Gasteiger partial charge in [0.25, 0.3) is 0 Å². The number of carbonyl (C=O) groups is 1. The van der Waals surface area contributed by atoms with Crippen molar-refractivity contribution in [3.8, 4) is 0 Å². The summed E-state index contributed by atoms with van der Waals surface area (Å²) in [6, 6.07) is 0. The van der Waals surface area contributed by atoms with Crippen LogP contribution in [0.25, 0.3) is 0 Å². The van der Waals surface area contributed by atoms with Gasteiger partial charge in [-0.3, -0.25) is 4.79 Å². The van der Waals surface area contributed by atoms with Crippen LogP contribution < -0.4 is 5.32 Å². The third kappa shape index (κ3) is 2.01. The Kier molecular flexibility index (Phi) is 2.73. The zero-order valence-corrected chi connectivity index (χ0v) is 7.11. The zero-order chi connectivity index (χ0) is 8.97. The molecular weight excluding hydrogens is 158 g/mol. The normalized spacial score (nSPS) is 9.83. The molecule has 1 amide bonds. The molecule has 1 aromatic rings. The molecule has 0 spiro atoms. The highest BCUT2D eigenvalue weighted by Crippen LogP contribution is 1.86. The van der Waals surface area contributed by atoms with Gasteiger partial charge in [0.2, 0.25) is 5.91 Å². The lowest BCUT2D eigenvalue weighted by Crippen LogP contribution is -2.24. The number of nitrogens with zero attached hydrogens (tertiary/aromatic N) is 4. The second-order valence-electron chi connectivity index (χ2n) is 2.26. The van der Waals surface area contributed by atoms with Crippen molar-refractivity contribution in [2.75, 3.05) is 7.05 Å². The van der Waals surface area contributed by atoms with Gasteiger partial charge >= 0.3 is 0 Å². The molecule has 6 nitrogen and oxygen atoms in total. The number of carbonyl (C=O) groups excluding carboxylic acids is 1. The first-order valence-electron chi connectivity index (χ1n) is 3.73. The summed E-state index contributed by atoms with van der Waals surface area (Å²) in [6.07, 6.45) is 0.730. The van der Waals surface area contributed by atoms with E-state index in [-0.39, 0.29) is 12.5 Å². The zero-order valence-electron chi connectivity index (χ0n) is 7.11. The Morgan fingerprint density at radius 3 is 2.92 bits per heavy atom. The minimum absolute atomic E-state index is 0.128. The van der Waals surface area contributed by atoms with E-state index in [1.165, 1.54) is 4.80 Å². The lowest BCUT2D eigenvalue weighted by molar-refractivity contribution is -0.121. The molecule has 0 aliphatic heterocycles. The lowest BCUT2D eigenvalue weighted by Gasteiger charge is -1.95. The van der Waals surface area contributed by atoms with E-state index in [1.807, 2.05) is 6.92 Å². The second kappa shape index (κ2) is 3.80. The Labute approximate surface area is 70.0 Å². The highest BCUT2D eigenvalue weighted by atomic mass is 16.2. The molecule has 1 rings (SSSR count). The Hall–Kier alpha value is -1.46. The van der Waals surface area contributed by atoms with E-state index in [2.05, 4.69) is 20.7 Å². The topological polar surface area (TPSA) is 72.7 Å². The summed E-state index contributed by atoms with van der Waals surface area (Å²) in [5.41, 5.74) is 0. The van der Waals surface area contributed by atoms with Crippen LogP contribution in [0.3, 0.4) is 0 Å². The van der Waals surface area contributed by atoms with Gasteiger partial charge in [0.15, 0.2) is 5.82 Å². The maximum absolute atomic E-state index is 10.8. The summed E-state index contributed by atoms with van der Waals surface area (Å²) in [4.78, 5) is 12.1. The van der Waals surface area contributed by atoms with Gasteiger partial charge in [0.05, 0.1) is 0 Å². The minimum Gasteiger partial charge on any atom is -0.358 e. The highest BCUT2D eigenvalue weighted by Gasteiger charge is 2.03. The lowest BCUT2D eigenvalue weighted by atomic mass is 10.5. The molecule has 0 fully saturated rings.